The van der Waals surface area contributed by atoms with E-state index in [-0.39, 0.29) is 24.4 Å². The van der Waals surface area contributed by atoms with Crippen LogP contribution in [0.1, 0.15) is 71.6 Å². The highest BCUT2D eigenvalue weighted by Gasteiger charge is 2.23. The van der Waals surface area contributed by atoms with Gasteiger partial charge in [0.05, 0.1) is 6.54 Å². The van der Waals surface area contributed by atoms with Gasteiger partial charge < -0.3 is 18.9 Å². The van der Waals surface area contributed by atoms with Crippen molar-refractivity contribution in [3.8, 4) is 0 Å². The first-order chi connectivity index (χ1) is 12.4. The fraction of sp³-hybridized carbons (Fsp3) is 0.556. The van der Waals surface area contributed by atoms with Crippen LogP contribution < -0.4 is 0 Å². The molecule has 0 aliphatic heterocycles. The van der Waals surface area contributed by atoms with Crippen LogP contribution in [-0.2, 0) is 17.8 Å². The van der Waals surface area contributed by atoms with Crippen molar-refractivity contribution in [2.75, 3.05) is 7.05 Å². The van der Waals surface area contributed by atoms with E-state index in [0.29, 0.717) is 29.7 Å². The van der Waals surface area contributed by atoms with Crippen LogP contribution in [0.5, 0.6) is 0 Å². The number of carbonyl (C=O) groups excluding carboxylic acids is 1. The number of aromatic nitrogens is 2. The highest BCUT2D eigenvalue weighted by Crippen LogP contribution is 2.32. The Balaban J connectivity index is 1.51. The molecule has 8 heteroatoms. The molecular weight excluding hydrogens is 338 g/mol. The maximum Gasteiger partial charge on any atom is 0.339 e. The van der Waals surface area contributed by atoms with Gasteiger partial charge in [-0.05, 0) is 25.8 Å². The Kier molecular flexibility index (Phi) is 5.39. The maximum atomic E-state index is 12.3. The van der Waals surface area contributed by atoms with E-state index in [0.717, 1.165) is 18.7 Å². The Hall–Kier alpha value is -2.64. The fourth-order valence-electron chi connectivity index (χ4n) is 3.28. The molecule has 2 aromatic rings. The van der Waals surface area contributed by atoms with E-state index in [1.165, 1.54) is 23.8 Å². The Labute approximate surface area is 151 Å². The zero-order chi connectivity index (χ0) is 18.7. The molecule has 1 aliphatic carbocycles. The van der Waals surface area contributed by atoms with Gasteiger partial charge in [0.1, 0.15) is 17.1 Å². The van der Waals surface area contributed by atoms with Crippen LogP contribution in [0.2, 0.25) is 0 Å². The van der Waals surface area contributed by atoms with Crippen molar-refractivity contribution in [1.29, 1.82) is 0 Å². The van der Waals surface area contributed by atoms with E-state index < -0.39 is 5.97 Å². The second kappa shape index (κ2) is 7.72. The van der Waals surface area contributed by atoms with Crippen LogP contribution in [0, 0.1) is 6.92 Å². The molecule has 140 valence electrons. The zero-order valence-corrected chi connectivity index (χ0v) is 15.0. The summed E-state index contributed by atoms with van der Waals surface area (Å²) in [6, 6.07) is 1.45. The molecule has 0 aromatic carbocycles. The summed E-state index contributed by atoms with van der Waals surface area (Å²) in [6.07, 6.45) is 5.24. The van der Waals surface area contributed by atoms with Gasteiger partial charge in [-0.15, -0.1) is 0 Å². The van der Waals surface area contributed by atoms with Crippen molar-refractivity contribution in [3.63, 3.8) is 0 Å². The summed E-state index contributed by atoms with van der Waals surface area (Å²) in [4.78, 5) is 29.2. The lowest BCUT2D eigenvalue weighted by Crippen LogP contribution is -2.26. The van der Waals surface area contributed by atoms with E-state index in [2.05, 4.69) is 10.1 Å². The first-order valence-electron chi connectivity index (χ1n) is 8.83. The second-order valence-electron chi connectivity index (χ2n) is 6.77. The molecule has 0 bridgehead atoms. The third kappa shape index (κ3) is 4.12. The van der Waals surface area contributed by atoms with Gasteiger partial charge >= 0.3 is 5.97 Å². The number of carboxylic acids is 1. The topological polar surface area (TPSA) is 110 Å². The first-order valence-corrected chi connectivity index (χ1v) is 8.83. The first kappa shape index (κ1) is 18.2. The van der Waals surface area contributed by atoms with Crippen LogP contribution in [0.4, 0.5) is 0 Å². The van der Waals surface area contributed by atoms with Crippen molar-refractivity contribution in [3.05, 3.63) is 34.9 Å². The molecular formula is C18H23N3O5. The molecule has 3 rings (SSSR count). The van der Waals surface area contributed by atoms with E-state index in [4.69, 9.17) is 14.0 Å². The average molecular weight is 361 g/mol. The number of aromatic carboxylic acids is 1. The van der Waals surface area contributed by atoms with Gasteiger partial charge in [-0.25, -0.2) is 4.79 Å². The number of aryl methyl sites for hydroxylation is 2. The second-order valence-corrected chi connectivity index (χ2v) is 6.77. The highest BCUT2D eigenvalue weighted by atomic mass is 16.5. The Morgan fingerprint density at radius 3 is 2.73 bits per heavy atom. The summed E-state index contributed by atoms with van der Waals surface area (Å²) in [5.74, 6) is 1.26. The van der Waals surface area contributed by atoms with Crippen LogP contribution >= 0.6 is 0 Å². The Morgan fingerprint density at radius 1 is 1.35 bits per heavy atom. The van der Waals surface area contributed by atoms with Crippen LogP contribution in [-0.4, -0.2) is 39.1 Å². The summed E-state index contributed by atoms with van der Waals surface area (Å²) < 4.78 is 10.7. The summed E-state index contributed by atoms with van der Waals surface area (Å²) in [5, 5.41) is 13.1. The quantitative estimate of drug-likeness (QED) is 0.807. The molecule has 1 N–H and O–H groups in total. The van der Waals surface area contributed by atoms with Gasteiger partial charge in [-0.3, -0.25) is 4.79 Å². The SMILES string of the molecule is Cc1oc(CN(C)C(=O)CCc2nc(C3CCCC3)no2)cc1C(=O)O. The summed E-state index contributed by atoms with van der Waals surface area (Å²) in [5.41, 5.74) is 0.117. The lowest BCUT2D eigenvalue weighted by Gasteiger charge is -2.14. The van der Waals surface area contributed by atoms with Gasteiger partial charge in [0.2, 0.25) is 11.8 Å². The van der Waals surface area contributed by atoms with Gasteiger partial charge in [0, 0.05) is 25.8 Å². The van der Waals surface area contributed by atoms with Crippen molar-refractivity contribution >= 4 is 11.9 Å². The number of furan rings is 1. The van der Waals surface area contributed by atoms with Crippen LogP contribution in [0.25, 0.3) is 0 Å². The molecule has 1 saturated carbocycles. The summed E-state index contributed by atoms with van der Waals surface area (Å²) in [7, 11) is 1.65. The van der Waals surface area contributed by atoms with Crippen LogP contribution in [0.3, 0.4) is 0 Å². The molecule has 2 aromatic heterocycles. The zero-order valence-electron chi connectivity index (χ0n) is 15.0. The third-order valence-corrected chi connectivity index (χ3v) is 4.77. The molecule has 0 unspecified atom stereocenters. The molecule has 0 radical (unpaired) electrons. The number of carboxylic acid groups (broad SMARTS) is 1. The van der Waals surface area contributed by atoms with Gasteiger partial charge in [0.25, 0.3) is 0 Å². The lowest BCUT2D eigenvalue weighted by atomic mass is 10.1. The van der Waals surface area contributed by atoms with Crippen LogP contribution in [0.15, 0.2) is 15.0 Å². The maximum absolute atomic E-state index is 12.3. The number of hydrogen-bond donors (Lipinski definition) is 1. The lowest BCUT2D eigenvalue weighted by molar-refractivity contribution is -0.130. The normalized spacial score (nSPS) is 14.7. The minimum absolute atomic E-state index is 0.100. The monoisotopic (exact) mass is 361 g/mol. The van der Waals surface area contributed by atoms with E-state index in [9.17, 15) is 9.59 Å². The molecule has 8 nitrogen and oxygen atoms in total. The third-order valence-electron chi connectivity index (χ3n) is 4.77. The Bertz CT molecular complexity index is 789. The minimum atomic E-state index is -1.04. The van der Waals surface area contributed by atoms with Crippen molar-refractivity contribution in [1.82, 2.24) is 15.0 Å². The number of carbonyl (C=O) groups is 2. The Morgan fingerprint density at radius 2 is 2.08 bits per heavy atom. The number of rotatable bonds is 7. The number of amides is 1. The number of nitrogens with zero attached hydrogens (tertiary/aromatic N) is 3. The van der Waals surface area contributed by atoms with Crippen molar-refractivity contribution in [2.24, 2.45) is 0 Å². The molecule has 0 spiro atoms. The minimum Gasteiger partial charge on any atom is -0.478 e. The highest BCUT2D eigenvalue weighted by molar-refractivity contribution is 5.88. The molecule has 1 amide bonds. The van der Waals surface area contributed by atoms with Gasteiger partial charge in [-0.2, -0.15) is 4.98 Å². The predicted molar refractivity (Wildman–Crippen MR) is 90.7 cm³/mol. The summed E-state index contributed by atoms with van der Waals surface area (Å²) >= 11 is 0. The molecule has 0 saturated heterocycles. The molecule has 0 atom stereocenters. The van der Waals surface area contributed by atoms with Crippen molar-refractivity contribution < 1.29 is 23.6 Å². The summed E-state index contributed by atoms with van der Waals surface area (Å²) in [6.45, 7) is 1.80. The number of hydrogen-bond acceptors (Lipinski definition) is 6. The molecule has 26 heavy (non-hydrogen) atoms. The molecule has 1 aliphatic rings. The predicted octanol–water partition coefficient (Wildman–Crippen LogP) is 2.92. The average Bonchev–Trinajstić information content (AvgIpc) is 3.32. The van der Waals surface area contributed by atoms with Gasteiger partial charge in [0.15, 0.2) is 5.82 Å². The van der Waals surface area contributed by atoms with E-state index >= 15 is 0 Å². The van der Waals surface area contributed by atoms with Gasteiger partial charge in [-0.1, -0.05) is 18.0 Å². The fourth-order valence-corrected chi connectivity index (χ4v) is 3.28. The van der Waals surface area contributed by atoms with E-state index in [1.54, 1.807) is 14.0 Å². The molecule has 1 fully saturated rings. The van der Waals surface area contributed by atoms with E-state index in [1.807, 2.05) is 0 Å². The largest absolute Gasteiger partial charge is 0.478 e. The van der Waals surface area contributed by atoms with Crippen molar-refractivity contribution in [2.45, 2.75) is 57.9 Å². The smallest absolute Gasteiger partial charge is 0.339 e. The standard InChI is InChI=1S/C18H23N3O5/c1-11-14(18(23)24)9-13(25-11)10-21(2)16(22)8-7-15-19-17(20-26-15)12-5-3-4-6-12/h9,12H,3-8,10H2,1-2H3,(H,23,24). The molecule has 2 heterocycles.